The fourth-order valence-electron chi connectivity index (χ4n) is 2.28. The number of aldehydes is 1. The minimum Gasteiger partial charge on any atom is -0.488 e. The third kappa shape index (κ3) is 5.45. The van der Waals surface area contributed by atoms with Gasteiger partial charge < -0.3 is 9.47 Å². The van der Waals surface area contributed by atoms with E-state index in [1.807, 2.05) is 56.3 Å². The van der Waals surface area contributed by atoms with E-state index < -0.39 is 0 Å². The molecule has 26 heavy (non-hydrogen) atoms. The Morgan fingerprint density at radius 3 is 2.54 bits per heavy atom. The van der Waals surface area contributed by atoms with Crippen LogP contribution in [0.25, 0.3) is 0 Å². The van der Waals surface area contributed by atoms with Gasteiger partial charge in [-0.3, -0.25) is 4.79 Å². The quantitative estimate of drug-likeness (QED) is 0.394. The number of aryl methyl sites for hydroxylation is 1. The number of carbonyl (C=O) groups excluding carboxylic acids is 2. The van der Waals surface area contributed by atoms with Crippen LogP contribution in [0.3, 0.4) is 0 Å². The van der Waals surface area contributed by atoms with Crippen LogP contribution in [0.5, 0.6) is 5.75 Å². The van der Waals surface area contributed by atoms with Gasteiger partial charge in [0.25, 0.3) is 0 Å². The summed E-state index contributed by atoms with van der Waals surface area (Å²) in [5.74, 6) is 0.181. The Labute approximate surface area is 153 Å². The molecule has 0 unspecified atom stereocenters. The summed E-state index contributed by atoms with van der Waals surface area (Å²) in [6.45, 7) is 4.33. The molecule has 2 aromatic rings. The van der Waals surface area contributed by atoms with Gasteiger partial charge in [0.15, 0.2) is 6.29 Å². The molecule has 0 aromatic heterocycles. The molecular weight excluding hydrogens is 328 g/mol. The third-order valence-electron chi connectivity index (χ3n) is 3.74. The topological polar surface area (TPSA) is 52.6 Å². The van der Waals surface area contributed by atoms with Crippen LogP contribution in [0.2, 0.25) is 0 Å². The number of ether oxygens (including phenoxy) is 2. The molecule has 0 spiro atoms. The third-order valence-corrected chi connectivity index (χ3v) is 3.74. The molecule has 0 saturated carbocycles. The summed E-state index contributed by atoms with van der Waals surface area (Å²) in [6.07, 6.45) is 8.16. The summed E-state index contributed by atoms with van der Waals surface area (Å²) in [4.78, 5) is 23.1. The predicted octanol–water partition coefficient (Wildman–Crippen LogP) is 4.68. The largest absolute Gasteiger partial charge is 0.488 e. The van der Waals surface area contributed by atoms with Gasteiger partial charge in [-0.05, 0) is 49.2 Å². The molecule has 4 heteroatoms. The van der Waals surface area contributed by atoms with Crippen LogP contribution >= 0.6 is 0 Å². The Bertz CT molecular complexity index is 801. The number of carbonyl (C=O) groups is 2. The average Bonchev–Trinajstić information content (AvgIpc) is 2.66. The molecular formula is C22H22O4. The second-order valence-corrected chi connectivity index (χ2v) is 5.64. The van der Waals surface area contributed by atoms with Crippen LogP contribution in [0.1, 0.15) is 38.8 Å². The minimum atomic E-state index is -0.371. The lowest BCUT2D eigenvalue weighted by atomic mass is 10.1. The second-order valence-electron chi connectivity index (χ2n) is 5.64. The summed E-state index contributed by atoms with van der Waals surface area (Å²) in [7, 11) is 0. The Morgan fingerprint density at radius 2 is 1.85 bits per heavy atom. The summed E-state index contributed by atoms with van der Waals surface area (Å²) < 4.78 is 10.9. The van der Waals surface area contributed by atoms with Crippen molar-refractivity contribution >= 4 is 12.3 Å². The maximum absolute atomic E-state index is 11.9. The van der Waals surface area contributed by atoms with Crippen molar-refractivity contribution in [2.45, 2.75) is 20.5 Å². The summed E-state index contributed by atoms with van der Waals surface area (Å²) in [6, 6.07) is 12.5. The first-order valence-corrected chi connectivity index (χ1v) is 8.37. The Kier molecular flexibility index (Phi) is 7.37. The maximum Gasteiger partial charge on any atom is 0.338 e. The van der Waals surface area contributed by atoms with Gasteiger partial charge in [-0.25, -0.2) is 4.79 Å². The number of hydrogen-bond donors (Lipinski definition) is 0. The molecule has 0 aliphatic rings. The normalized spacial score (nSPS) is 11.0. The summed E-state index contributed by atoms with van der Waals surface area (Å²) in [5.41, 5.74) is 2.81. The van der Waals surface area contributed by atoms with Gasteiger partial charge in [0.05, 0.1) is 11.1 Å². The summed E-state index contributed by atoms with van der Waals surface area (Å²) in [5, 5.41) is 0. The van der Waals surface area contributed by atoms with E-state index in [2.05, 4.69) is 0 Å². The highest BCUT2D eigenvalue weighted by molar-refractivity contribution is 5.89. The van der Waals surface area contributed by atoms with Crippen LogP contribution in [0, 0.1) is 6.92 Å². The van der Waals surface area contributed by atoms with Gasteiger partial charge in [-0.15, -0.1) is 0 Å². The SMILES string of the molecule is C/C=C/C=C/COC(=O)c1ccc(COc2cccc(C)c2C=O)cc1. The zero-order valence-corrected chi connectivity index (χ0v) is 15.0. The molecule has 0 aliphatic heterocycles. The fraction of sp³-hybridized carbons (Fsp3) is 0.182. The first-order valence-electron chi connectivity index (χ1n) is 8.37. The van der Waals surface area contributed by atoms with Gasteiger partial charge in [0.2, 0.25) is 0 Å². The Morgan fingerprint density at radius 1 is 1.08 bits per heavy atom. The van der Waals surface area contributed by atoms with Crippen LogP contribution in [-0.2, 0) is 11.3 Å². The van der Waals surface area contributed by atoms with Crippen molar-refractivity contribution in [3.8, 4) is 5.75 Å². The predicted molar refractivity (Wildman–Crippen MR) is 102 cm³/mol. The average molecular weight is 350 g/mol. The number of rotatable bonds is 8. The fourth-order valence-corrected chi connectivity index (χ4v) is 2.28. The zero-order valence-electron chi connectivity index (χ0n) is 15.0. The molecule has 134 valence electrons. The molecule has 2 rings (SSSR count). The van der Waals surface area contributed by atoms with E-state index in [9.17, 15) is 9.59 Å². The molecule has 0 radical (unpaired) electrons. The monoisotopic (exact) mass is 350 g/mol. The number of allylic oxidation sites excluding steroid dienone is 3. The lowest BCUT2D eigenvalue weighted by molar-refractivity contribution is 0.0549. The lowest BCUT2D eigenvalue weighted by Gasteiger charge is -2.10. The van der Waals surface area contributed by atoms with E-state index in [1.54, 1.807) is 24.3 Å². The van der Waals surface area contributed by atoms with Gasteiger partial charge in [0.1, 0.15) is 19.0 Å². The van der Waals surface area contributed by atoms with Crippen molar-refractivity contribution in [2.75, 3.05) is 6.61 Å². The second kappa shape index (κ2) is 9.99. The molecule has 4 nitrogen and oxygen atoms in total. The first-order chi connectivity index (χ1) is 12.7. The molecule has 0 aliphatic carbocycles. The number of hydrogen-bond acceptors (Lipinski definition) is 4. The first kappa shape index (κ1) is 19.2. The van der Waals surface area contributed by atoms with Crippen LogP contribution in [-0.4, -0.2) is 18.9 Å². The van der Waals surface area contributed by atoms with E-state index >= 15 is 0 Å². The van der Waals surface area contributed by atoms with Gasteiger partial charge in [-0.2, -0.15) is 0 Å². The summed E-state index contributed by atoms with van der Waals surface area (Å²) >= 11 is 0. The van der Waals surface area contributed by atoms with Crippen LogP contribution < -0.4 is 4.74 Å². The Hall–Kier alpha value is -3.14. The van der Waals surface area contributed by atoms with E-state index in [1.165, 1.54) is 0 Å². The number of benzene rings is 2. The van der Waals surface area contributed by atoms with Crippen LogP contribution in [0.15, 0.2) is 66.8 Å². The molecule has 0 saturated heterocycles. The maximum atomic E-state index is 11.9. The van der Waals surface area contributed by atoms with E-state index in [0.717, 1.165) is 17.4 Å². The van der Waals surface area contributed by atoms with E-state index in [0.29, 0.717) is 23.5 Å². The van der Waals surface area contributed by atoms with E-state index in [-0.39, 0.29) is 12.6 Å². The van der Waals surface area contributed by atoms with Crippen molar-refractivity contribution in [3.63, 3.8) is 0 Å². The van der Waals surface area contributed by atoms with Crippen molar-refractivity contribution in [3.05, 3.63) is 89.0 Å². The van der Waals surface area contributed by atoms with Crippen molar-refractivity contribution in [1.82, 2.24) is 0 Å². The molecule has 0 fully saturated rings. The molecule has 0 atom stereocenters. The Balaban J connectivity index is 1.92. The molecule has 2 aromatic carbocycles. The van der Waals surface area contributed by atoms with Gasteiger partial charge in [-0.1, -0.05) is 42.5 Å². The van der Waals surface area contributed by atoms with Gasteiger partial charge in [0, 0.05) is 0 Å². The van der Waals surface area contributed by atoms with Crippen molar-refractivity contribution < 1.29 is 19.1 Å². The van der Waals surface area contributed by atoms with Crippen molar-refractivity contribution in [1.29, 1.82) is 0 Å². The van der Waals surface area contributed by atoms with E-state index in [4.69, 9.17) is 9.47 Å². The minimum absolute atomic E-state index is 0.232. The zero-order chi connectivity index (χ0) is 18.8. The van der Waals surface area contributed by atoms with Crippen molar-refractivity contribution in [2.24, 2.45) is 0 Å². The molecule has 0 heterocycles. The molecule has 0 N–H and O–H groups in total. The lowest BCUT2D eigenvalue weighted by Crippen LogP contribution is -2.05. The number of esters is 1. The smallest absolute Gasteiger partial charge is 0.338 e. The highest BCUT2D eigenvalue weighted by atomic mass is 16.5. The molecule has 0 amide bonds. The highest BCUT2D eigenvalue weighted by Crippen LogP contribution is 2.21. The van der Waals surface area contributed by atoms with Gasteiger partial charge >= 0.3 is 5.97 Å². The van der Waals surface area contributed by atoms with Crippen LogP contribution in [0.4, 0.5) is 0 Å². The highest BCUT2D eigenvalue weighted by Gasteiger charge is 2.08. The standard InChI is InChI=1S/C22H22O4/c1-3-4-5-6-14-25-22(24)19-12-10-18(11-13-19)16-26-21-9-7-8-17(2)20(21)15-23/h3-13,15H,14,16H2,1-2H3/b4-3+,6-5+. The molecule has 0 bridgehead atoms.